The van der Waals surface area contributed by atoms with Gasteiger partial charge in [-0.1, -0.05) is 207 Å². The van der Waals surface area contributed by atoms with E-state index in [1.54, 1.807) is 0 Å². The van der Waals surface area contributed by atoms with Crippen molar-refractivity contribution in [2.45, 2.75) is 38.0 Å². The lowest BCUT2D eigenvalue weighted by molar-refractivity contribution is 0.445. The first-order chi connectivity index (χ1) is 30.3. The summed E-state index contributed by atoms with van der Waals surface area (Å²) >= 11 is 0. The molecule has 0 aromatic heterocycles. The van der Waals surface area contributed by atoms with Crippen LogP contribution < -0.4 is 4.90 Å². The van der Waals surface area contributed by atoms with Crippen molar-refractivity contribution in [3.8, 4) is 44.5 Å². The maximum absolute atomic E-state index is 2.46. The van der Waals surface area contributed by atoms with Crippen molar-refractivity contribution < 1.29 is 0 Å². The molecule has 0 unspecified atom stereocenters. The van der Waals surface area contributed by atoms with E-state index in [4.69, 9.17) is 0 Å². The molecular formula is C60H47N. The second-order valence-corrected chi connectivity index (χ2v) is 16.7. The number of nitrogens with zero attached hydrogens (tertiary/aromatic N) is 1. The molecule has 0 aliphatic heterocycles. The van der Waals surface area contributed by atoms with Gasteiger partial charge < -0.3 is 4.90 Å². The number of rotatable bonds is 8. The third kappa shape index (κ3) is 6.97. The molecule has 11 rings (SSSR count). The third-order valence-electron chi connectivity index (χ3n) is 13.1. The second kappa shape index (κ2) is 16.1. The zero-order chi connectivity index (χ0) is 40.5. The Balaban J connectivity index is 1.02. The summed E-state index contributed by atoms with van der Waals surface area (Å²) in [4.78, 5) is 2.46. The molecule has 1 fully saturated rings. The Bertz CT molecular complexity index is 3140. The maximum Gasteiger partial charge on any atom is 0.0540 e. The monoisotopic (exact) mass is 781 g/mol. The van der Waals surface area contributed by atoms with Gasteiger partial charge in [0.05, 0.1) is 5.69 Å². The molecule has 1 nitrogen and oxygen atoms in total. The zero-order valence-corrected chi connectivity index (χ0v) is 34.3. The topological polar surface area (TPSA) is 3.24 Å². The first kappa shape index (κ1) is 36.8. The lowest BCUT2D eigenvalue weighted by Crippen LogP contribution is -2.11. The standard InChI is InChI=1S/C60H47N/c1-2-14-46(15-3-1)56-27-12-20-49-21-13-28-58(60(49)56)57-24-8-9-29-59(57)61(51-40-36-48(37-41-51)55-26-11-19-45-17-5-7-23-53(45)55)50-38-34-43(35-39-50)42-30-32-47(33-31-42)54-25-10-18-44-16-4-6-22-52(44)54/h4-13,16-41,46H,1-3,14-15H2. The largest absolute Gasteiger partial charge is 0.310 e. The summed E-state index contributed by atoms with van der Waals surface area (Å²) in [6, 6.07) is 80.7. The number of hydrogen-bond acceptors (Lipinski definition) is 1. The highest BCUT2D eigenvalue weighted by Gasteiger charge is 2.23. The summed E-state index contributed by atoms with van der Waals surface area (Å²) in [6.07, 6.45) is 6.50. The molecule has 0 N–H and O–H groups in total. The fourth-order valence-electron chi connectivity index (χ4n) is 10.1. The Hall–Kier alpha value is -7.22. The van der Waals surface area contributed by atoms with Crippen molar-refractivity contribution >= 4 is 49.4 Å². The van der Waals surface area contributed by atoms with Gasteiger partial charge in [0.1, 0.15) is 0 Å². The molecular weight excluding hydrogens is 735 g/mol. The van der Waals surface area contributed by atoms with Gasteiger partial charge in [-0.05, 0) is 126 Å². The van der Waals surface area contributed by atoms with Crippen molar-refractivity contribution in [1.82, 2.24) is 0 Å². The lowest BCUT2D eigenvalue weighted by Gasteiger charge is -2.29. The van der Waals surface area contributed by atoms with Crippen molar-refractivity contribution in [1.29, 1.82) is 0 Å². The summed E-state index contributed by atoms with van der Waals surface area (Å²) < 4.78 is 0. The smallest absolute Gasteiger partial charge is 0.0540 e. The van der Waals surface area contributed by atoms with E-state index in [1.165, 1.54) is 120 Å². The van der Waals surface area contributed by atoms with Crippen LogP contribution >= 0.6 is 0 Å². The molecule has 10 aromatic carbocycles. The Morgan fingerprint density at radius 1 is 0.311 bits per heavy atom. The van der Waals surface area contributed by atoms with E-state index >= 15 is 0 Å². The predicted octanol–water partition coefficient (Wildman–Crippen LogP) is 17.3. The summed E-state index contributed by atoms with van der Waals surface area (Å²) in [5.41, 5.74) is 14.8. The fourth-order valence-corrected chi connectivity index (χ4v) is 10.1. The first-order valence-electron chi connectivity index (χ1n) is 21.9. The summed E-state index contributed by atoms with van der Waals surface area (Å²) in [5.74, 6) is 0.595. The van der Waals surface area contributed by atoms with Crippen molar-refractivity contribution in [2.75, 3.05) is 4.90 Å². The molecule has 0 atom stereocenters. The van der Waals surface area contributed by atoms with Crippen molar-refractivity contribution in [3.05, 3.63) is 224 Å². The molecule has 292 valence electrons. The molecule has 0 bridgehead atoms. The molecule has 0 radical (unpaired) electrons. The molecule has 1 aliphatic carbocycles. The van der Waals surface area contributed by atoms with Crippen LogP contribution in [0, 0.1) is 0 Å². The highest BCUT2D eigenvalue weighted by Crippen LogP contribution is 2.46. The zero-order valence-electron chi connectivity index (χ0n) is 34.3. The summed E-state index contributed by atoms with van der Waals surface area (Å²) in [5, 5.41) is 7.78. The summed E-state index contributed by atoms with van der Waals surface area (Å²) in [7, 11) is 0. The average Bonchev–Trinajstić information content (AvgIpc) is 3.34. The van der Waals surface area contributed by atoms with Gasteiger partial charge >= 0.3 is 0 Å². The highest BCUT2D eigenvalue weighted by molar-refractivity contribution is 6.04. The number of anilines is 3. The second-order valence-electron chi connectivity index (χ2n) is 16.7. The number of fused-ring (bicyclic) bond motifs is 3. The van der Waals surface area contributed by atoms with Crippen LogP contribution in [0.15, 0.2) is 218 Å². The molecule has 1 aliphatic rings. The average molecular weight is 782 g/mol. The van der Waals surface area contributed by atoms with Crippen LogP contribution in [0.25, 0.3) is 76.8 Å². The van der Waals surface area contributed by atoms with Gasteiger partial charge in [0.25, 0.3) is 0 Å². The molecule has 1 saturated carbocycles. The molecule has 0 amide bonds. The molecule has 0 saturated heterocycles. The van der Waals surface area contributed by atoms with E-state index in [9.17, 15) is 0 Å². The van der Waals surface area contributed by atoms with Crippen LogP contribution in [0.2, 0.25) is 0 Å². The van der Waals surface area contributed by atoms with Crippen LogP contribution in [0.3, 0.4) is 0 Å². The number of benzene rings is 10. The lowest BCUT2D eigenvalue weighted by atomic mass is 9.80. The van der Waals surface area contributed by atoms with E-state index in [-0.39, 0.29) is 0 Å². The molecule has 0 spiro atoms. The van der Waals surface area contributed by atoms with Gasteiger partial charge in [-0.15, -0.1) is 0 Å². The summed E-state index contributed by atoms with van der Waals surface area (Å²) in [6.45, 7) is 0. The molecule has 0 heterocycles. The van der Waals surface area contributed by atoms with E-state index in [0.717, 1.165) is 11.4 Å². The van der Waals surface area contributed by atoms with Gasteiger partial charge in [-0.3, -0.25) is 0 Å². The van der Waals surface area contributed by atoms with E-state index < -0.39 is 0 Å². The minimum Gasteiger partial charge on any atom is -0.310 e. The van der Waals surface area contributed by atoms with E-state index in [1.807, 2.05) is 0 Å². The van der Waals surface area contributed by atoms with Crippen molar-refractivity contribution in [2.24, 2.45) is 0 Å². The van der Waals surface area contributed by atoms with E-state index in [2.05, 4.69) is 223 Å². The van der Waals surface area contributed by atoms with Gasteiger partial charge in [-0.2, -0.15) is 0 Å². The predicted molar refractivity (Wildman–Crippen MR) is 261 cm³/mol. The van der Waals surface area contributed by atoms with Crippen LogP contribution in [-0.2, 0) is 0 Å². The Kier molecular flexibility index (Phi) is 9.71. The van der Waals surface area contributed by atoms with Crippen LogP contribution in [-0.4, -0.2) is 0 Å². The molecule has 10 aromatic rings. The highest BCUT2D eigenvalue weighted by atomic mass is 15.1. The normalized spacial score (nSPS) is 13.2. The molecule has 61 heavy (non-hydrogen) atoms. The third-order valence-corrected chi connectivity index (χ3v) is 13.1. The minimum atomic E-state index is 0.595. The fraction of sp³-hybridized carbons (Fsp3) is 0.100. The SMILES string of the molecule is c1ccc(N(c2ccc(-c3ccc(-c4cccc5ccccc45)cc3)cc2)c2ccc(-c3cccc4ccccc34)cc2)c(-c2cccc3cccc(C4CCCCC4)c23)c1. The minimum absolute atomic E-state index is 0.595. The van der Waals surface area contributed by atoms with Crippen LogP contribution in [0.4, 0.5) is 17.1 Å². The Morgan fingerprint density at radius 3 is 1.34 bits per heavy atom. The van der Waals surface area contributed by atoms with Crippen LogP contribution in [0.5, 0.6) is 0 Å². The Labute approximate surface area is 359 Å². The number of para-hydroxylation sites is 1. The molecule has 1 heteroatoms. The van der Waals surface area contributed by atoms with Crippen molar-refractivity contribution in [3.63, 3.8) is 0 Å². The van der Waals surface area contributed by atoms with Gasteiger partial charge in [0.15, 0.2) is 0 Å². The Morgan fingerprint density at radius 2 is 0.738 bits per heavy atom. The quantitative estimate of drug-likeness (QED) is 0.148. The number of hydrogen-bond donors (Lipinski definition) is 0. The van der Waals surface area contributed by atoms with E-state index in [0.29, 0.717) is 5.92 Å². The van der Waals surface area contributed by atoms with Gasteiger partial charge in [0.2, 0.25) is 0 Å². The van der Waals surface area contributed by atoms with Gasteiger partial charge in [-0.25, -0.2) is 0 Å². The maximum atomic E-state index is 2.46. The van der Waals surface area contributed by atoms with Crippen LogP contribution in [0.1, 0.15) is 43.6 Å². The first-order valence-corrected chi connectivity index (χ1v) is 21.9. The van der Waals surface area contributed by atoms with Gasteiger partial charge in [0, 0.05) is 16.9 Å².